The van der Waals surface area contributed by atoms with Gasteiger partial charge in [-0.2, -0.15) is 0 Å². The summed E-state index contributed by atoms with van der Waals surface area (Å²) in [4.78, 5) is 0. The summed E-state index contributed by atoms with van der Waals surface area (Å²) in [7, 11) is 0. The van der Waals surface area contributed by atoms with Crippen molar-refractivity contribution < 1.29 is 10.2 Å². The molecule has 0 amide bonds. The predicted octanol–water partition coefficient (Wildman–Crippen LogP) is -0.814. The van der Waals surface area contributed by atoms with E-state index in [4.69, 9.17) is 11.5 Å². The van der Waals surface area contributed by atoms with Crippen molar-refractivity contribution in [2.24, 2.45) is 11.5 Å². The minimum Gasteiger partial charge on any atom is -0.393 e. The van der Waals surface area contributed by atoms with Crippen molar-refractivity contribution >= 4 is 0 Å². The maximum absolute atomic E-state index is 9.24. The summed E-state index contributed by atoms with van der Waals surface area (Å²) < 4.78 is 0. The van der Waals surface area contributed by atoms with Crippen molar-refractivity contribution in [1.29, 1.82) is 0 Å². The first-order chi connectivity index (χ1) is 5.70. The zero-order valence-electron chi connectivity index (χ0n) is 7.45. The first kappa shape index (κ1) is 11.8. The number of hydrogen-bond acceptors (Lipinski definition) is 4. The second kappa shape index (κ2) is 7.49. The average molecular weight is 176 g/mol. The first-order valence-electron chi connectivity index (χ1n) is 4.47. The number of rotatable bonds is 7. The van der Waals surface area contributed by atoms with Gasteiger partial charge in [0, 0.05) is 0 Å². The average Bonchev–Trinajstić information content (AvgIpc) is 2.02. The lowest BCUT2D eigenvalue weighted by Crippen LogP contribution is -2.18. The van der Waals surface area contributed by atoms with E-state index >= 15 is 0 Å². The van der Waals surface area contributed by atoms with E-state index in [1.165, 1.54) is 0 Å². The van der Waals surface area contributed by atoms with Crippen molar-refractivity contribution in [3.63, 3.8) is 0 Å². The molecule has 4 heteroatoms. The van der Waals surface area contributed by atoms with Gasteiger partial charge in [0.25, 0.3) is 0 Å². The summed E-state index contributed by atoms with van der Waals surface area (Å²) >= 11 is 0. The zero-order valence-corrected chi connectivity index (χ0v) is 7.45. The lowest BCUT2D eigenvalue weighted by molar-refractivity contribution is 0.107. The van der Waals surface area contributed by atoms with E-state index in [9.17, 15) is 10.2 Å². The summed E-state index contributed by atoms with van der Waals surface area (Å²) in [6, 6.07) is 0. The topological polar surface area (TPSA) is 92.5 Å². The Kier molecular flexibility index (Phi) is 7.39. The molecule has 0 radical (unpaired) electrons. The van der Waals surface area contributed by atoms with Crippen LogP contribution >= 0.6 is 0 Å². The normalized spacial score (nSPS) is 16.0. The Labute approximate surface area is 73.6 Å². The molecule has 0 aromatic heterocycles. The summed E-state index contributed by atoms with van der Waals surface area (Å²) in [5.74, 6) is 0. The van der Waals surface area contributed by atoms with Crippen LogP contribution in [0.1, 0.15) is 25.7 Å². The third-order valence-electron chi connectivity index (χ3n) is 1.83. The smallest absolute Gasteiger partial charge is 0.0553 e. The van der Waals surface area contributed by atoms with Gasteiger partial charge in [-0.15, -0.1) is 0 Å². The van der Waals surface area contributed by atoms with Crippen LogP contribution in [0.5, 0.6) is 0 Å². The van der Waals surface area contributed by atoms with Gasteiger partial charge in [0.1, 0.15) is 0 Å². The molecule has 0 spiro atoms. The molecule has 0 aromatic carbocycles. The Hall–Kier alpha value is -0.160. The van der Waals surface area contributed by atoms with Crippen LogP contribution in [-0.4, -0.2) is 35.5 Å². The van der Waals surface area contributed by atoms with Crippen molar-refractivity contribution in [3.8, 4) is 0 Å². The highest BCUT2D eigenvalue weighted by Gasteiger charge is 2.07. The maximum atomic E-state index is 9.24. The second-order valence-corrected chi connectivity index (χ2v) is 3.04. The third-order valence-corrected chi connectivity index (χ3v) is 1.83. The van der Waals surface area contributed by atoms with Crippen LogP contribution in [0.3, 0.4) is 0 Å². The standard InChI is InChI=1S/C8H20N2O2/c9-5-3-7(11)1-2-8(12)4-6-10/h7-8,11-12H,1-6,9-10H2. The number of hydrogen-bond donors (Lipinski definition) is 4. The van der Waals surface area contributed by atoms with Crippen LogP contribution < -0.4 is 11.5 Å². The third kappa shape index (κ3) is 6.54. The fourth-order valence-electron chi connectivity index (χ4n) is 1.06. The molecule has 0 bridgehead atoms. The fraction of sp³-hybridized carbons (Fsp3) is 1.00. The molecule has 0 aliphatic rings. The van der Waals surface area contributed by atoms with Gasteiger partial charge in [0.2, 0.25) is 0 Å². The van der Waals surface area contributed by atoms with Crippen molar-refractivity contribution in [1.82, 2.24) is 0 Å². The Morgan fingerprint density at radius 1 is 0.750 bits per heavy atom. The van der Waals surface area contributed by atoms with Gasteiger partial charge in [-0.1, -0.05) is 0 Å². The molecule has 0 aromatic rings. The Morgan fingerprint density at radius 2 is 1.08 bits per heavy atom. The molecule has 4 nitrogen and oxygen atoms in total. The minimum atomic E-state index is -0.373. The Bertz CT molecular complexity index is 89.1. The van der Waals surface area contributed by atoms with E-state index in [0.717, 1.165) is 0 Å². The molecule has 2 unspecified atom stereocenters. The molecule has 0 aliphatic heterocycles. The summed E-state index contributed by atoms with van der Waals surface area (Å²) in [6.45, 7) is 0.988. The first-order valence-corrected chi connectivity index (χ1v) is 4.47. The van der Waals surface area contributed by atoms with Gasteiger partial charge in [0.05, 0.1) is 12.2 Å². The SMILES string of the molecule is NCCC(O)CCC(O)CCN. The van der Waals surface area contributed by atoms with Gasteiger partial charge in [-0.05, 0) is 38.8 Å². The molecule has 0 rings (SSSR count). The highest BCUT2D eigenvalue weighted by molar-refractivity contribution is 4.62. The van der Waals surface area contributed by atoms with Gasteiger partial charge < -0.3 is 21.7 Å². The van der Waals surface area contributed by atoms with Gasteiger partial charge in [0.15, 0.2) is 0 Å². The minimum absolute atomic E-state index is 0.373. The van der Waals surface area contributed by atoms with E-state index in [1.807, 2.05) is 0 Å². The number of nitrogens with two attached hydrogens (primary N) is 2. The van der Waals surface area contributed by atoms with Crippen LogP contribution in [0, 0.1) is 0 Å². The van der Waals surface area contributed by atoms with Gasteiger partial charge in [-0.25, -0.2) is 0 Å². The van der Waals surface area contributed by atoms with Crippen LogP contribution in [0.2, 0.25) is 0 Å². The Balaban J connectivity index is 3.27. The summed E-state index contributed by atoms with van der Waals surface area (Å²) in [6.07, 6.45) is 1.69. The molecule has 0 saturated carbocycles. The number of aliphatic hydroxyl groups is 2. The van der Waals surface area contributed by atoms with Crippen molar-refractivity contribution in [3.05, 3.63) is 0 Å². The summed E-state index contributed by atoms with van der Waals surface area (Å²) in [5, 5.41) is 18.5. The second-order valence-electron chi connectivity index (χ2n) is 3.04. The quantitative estimate of drug-likeness (QED) is 0.408. The van der Waals surface area contributed by atoms with E-state index in [2.05, 4.69) is 0 Å². The van der Waals surface area contributed by atoms with E-state index < -0.39 is 0 Å². The van der Waals surface area contributed by atoms with Gasteiger partial charge >= 0.3 is 0 Å². The van der Waals surface area contributed by atoms with Crippen molar-refractivity contribution in [2.75, 3.05) is 13.1 Å². The Morgan fingerprint density at radius 3 is 1.33 bits per heavy atom. The molecule has 2 atom stereocenters. The van der Waals surface area contributed by atoms with Crippen LogP contribution in [-0.2, 0) is 0 Å². The highest BCUT2D eigenvalue weighted by Crippen LogP contribution is 2.06. The van der Waals surface area contributed by atoms with Crippen LogP contribution in [0.4, 0.5) is 0 Å². The molecule has 6 N–H and O–H groups in total. The monoisotopic (exact) mass is 176 g/mol. The van der Waals surface area contributed by atoms with Crippen LogP contribution in [0.15, 0.2) is 0 Å². The number of aliphatic hydroxyl groups excluding tert-OH is 2. The molecular weight excluding hydrogens is 156 g/mol. The van der Waals surface area contributed by atoms with E-state index in [-0.39, 0.29) is 12.2 Å². The molecule has 0 heterocycles. The largest absolute Gasteiger partial charge is 0.393 e. The lowest BCUT2D eigenvalue weighted by Gasteiger charge is -2.12. The van der Waals surface area contributed by atoms with E-state index in [0.29, 0.717) is 38.8 Å². The molecule has 0 saturated heterocycles. The molecule has 0 fully saturated rings. The molecule has 12 heavy (non-hydrogen) atoms. The molecule has 74 valence electrons. The molecular formula is C8H20N2O2. The highest BCUT2D eigenvalue weighted by atomic mass is 16.3. The predicted molar refractivity (Wildman–Crippen MR) is 48.6 cm³/mol. The van der Waals surface area contributed by atoms with Crippen molar-refractivity contribution in [2.45, 2.75) is 37.9 Å². The zero-order chi connectivity index (χ0) is 9.40. The van der Waals surface area contributed by atoms with Crippen LogP contribution in [0.25, 0.3) is 0 Å². The fourth-order valence-corrected chi connectivity index (χ4v) is 1.06. The lowest BCUT2D eigenvalue weighted by atomic mass is 10.1. The van der Waals surface area contributed by atoms with E-state index in [1.54, 1.807) is 0 Å². The summed E-state index contributed by atoms with van der Waals surface area (Å²) in [5.41, 5.74) is 10.5. The van der Waals surface area contributed by atoms with Gasteiger partial charge in [-0.3, -0.25) is 0 Å². The molecule has 0 aliphatic carbocycles. The maximum Gasteiger partial charge on any atom is 0.0553 e.